The van der Waals surface area contributed by atoms with Crippen LogP contribution < -0.4 is 11.1 Å². The summed E-state index contributed by atoms with van der Waals surface area (Å²) in [6.07, 6.45) is 1.46. The number of hydrogen-bond acceptors (Lipinski definition) is 4. The molecule has 1 unspecified atom stereocenters. The fraction of sp³-hybridized carbons (Fsp3) is 0.417. The number of hydrogen-bond donors (Lipinski definition) is 4. The molecule has 0 spiro atoms. The number of nitrogens with one attached hydrogen (secondary N) is 2. The Labute approximate surface area is 100 Å². The first-order valence-corrected chi connectivity index (χ1v) is 5.82. The van der Waals surface area contributed by atoms with Gasteiger partial charge in [0.05, 0.1) is 17.1 Å². The molecule has 1 aromatic heterocycles. The third kappa shape index (κ3) is 3.10. The molecule has 0 aliphatic heterocycles. The Morgan fingerprint density at radius 3 is 3.12 bits per heavy atom. The van der Waals surface area contributed by atoms with Crippen LogP contribution in [0, 0.1) is 0 Å². The molecule has 5 N–H and O–H groups in total. The van der Waals surface area contributed by atoms with Crippen molar-refractivity contribution in [1.29, 1.82) is 0 Å². The fourth-order valence-corrected chi connectivity index (χ4v) is 1.72. The standard InChI is InChI=1S/C12H18N4O/c1-8(17)3-2-6-14-12-15-10-5-4-9(13)7-11(10)16-12/h4-5,7-8,17H,2-3,6,13H2,1H3,(H2,14,15,16). The Bertz CT molecular complexity index is 492. The van der Waals surface area contributed by atoms with Crippen molar-refractivity contribution in [1.82, 2.24) is 9.97 Å². The second-order valence-corrected chi connectivity index (χ2v) is 4.28. The molecular formula is C12H18N4O. The van der Waals surface area contributed by atoms with Gasteiger partial charge in [-0.3, -0.25) is 0 Å². The first kappa shape index (κ1) is 11.7. The van der Waals surface area contributed by atoms with E-state index in [1.165, 1.54) is 0 Å². The van der Waals surface area contributed by atoms with Gasteiger partial charge in [0.25, 0.3) is 0 Å². The van der Waals surface area contributed by atoms with Crippen LogP contribution >= 0.6 is 0 Å². The van der Waals surface area contributed by atoms with Gasteiger partial charge in [0.1, 0.15) is 0 Å². The summed E-state index contributed by atoms with van der Waals surface area (Å²) in [5, 5.41) is 12.3. The van der Waals surface area contributed by atoms with Gasteiger partial charge in [-0.05, 0) is 38.0 Å². The highest BCUT2D eigenvalue weighted by Crippen LogP contribution is 2.17. The first-order valence-electron chi connectivity index (χ1n) is 5.82. The second-order valence-electron chi connectivity index (χ2n) is 4.28. The number of fused-ring (bicyclic) bond motifs is 1. The molecule has 0 bridgehead atoms. The van der Waals surface area contributed by atoms with Crippen LogP contribution in [0.25, 0.3) is 11.0 Å². The smallest absolute Gasteiger partial charge is 0.201 e. The van der Waals surface area contributed by atoms with Gasteiger partial charge in [-0.1, -0.05) is 0 Å². The highest BCUT2D eigenvalue weighted by molar-refractivity contribution is 5.80. The third-order valence-corrected chi connectivity index (χ3v) is 2.60. The lowest BCUT2D eigenvalue weighted by atomic mass is 10.2. The fourth-order valence-electron chi connectivity index (χ4n) is 1.72. The monoisotopic (exact) mass is 234 g/mol. The average Bonchev–Trinajstić information content (AvgIpc) is 2.66. The van der Waals surface area contributed by atoms with Crippen LogP contribution in [-0.4, -0.2) is 27.7 Å². The maximum Gasteiger partial charge on any atom is 0.201 e. The lowest BCUT2D eigenvalue weighted by molar-refractivity contribution is 0.183. The van der Waals surface area contributed by atoms with E-state index in [1.807, 2.05) is 18.2 Å². The van der Waals surface area contributed by atoms with Crippen LogP contribution in [0.2, 0.25) is 0 Å². The third-order valence-electron chi connectivity index (χ3n) is 2.60. The number of aromatic amines is 1. The molecule has 0 amide bonds. The van der Waals surface area contributed by atoms with Crippen molar-refractivity contribution < 1.29 is 5.11 Å². The summed E-state index contributed by atoms with van der Waals surface area (Å²) < 4.78 is 0. The van der Waals surface area contributed by atoms with Crippen LogP contribution in [0.4, 0.5) is 11.6 Å². The van der Waals surface area contributed by atoms with Crippen molar-refractivity contribution in [3.63, 3.8) is 0 Å². The molecule has 0 saturated heterocycles. The zero-order valence-corrected chi connectivity index (χ0v) is 9.90. The number of H-pyrrole nitrogens is 1. The van der Waals surface area contributed by atoms with Crippen molar-refractivity contribution >= 4 is 22.7 Å². The number of anilines is 2. The summed E-state index contributed by atoms with van der Waals surface area (Å²) >= 11 is 0. The molecule has 2 aromatic rings. The molecule has 17 heavy (non-hydrogen) atoms. The van der Waals surface area contributed by atoms with Crippen molar-refractivity contribution in [3.8, 4) is 0 Å². The van der Waals surface area contributed by atoms with Crippen LogP contribution in [-0.2, 0) is 0 Å². The van der Waals surface area contributed by atoms with E-state index in [2.05, 4.69) is 15.3 Å². The molecule has 92 valence electrons. The second kappa shape index (κ2) is 5.05. The van der Waals surface area contributed by atoms with E-state index in [-0.39, 0.29) is 6.10 Å². The van der Waals surface area contributed by atoms with E-state index in [9.17, 15) is 0 Å². The summed E-state index contributed by atoms with van der Waals surface area (Å²) in [4.78, 5) is 7.55. The van der Waals surface area contributed by atoms with E-state index >= 15 is 0 Å². The summed E-state index contributed by atoms with van der Waals surface area (Å²) in [5.41, 5.74) is 8.25. The van der Waals surface area contributed by atoms with Gasteiger partial charge in [-0.15, -0.1) is 0 Å². The van der Waals surface area contributed by atoms with E-state index < -0.39 is 0 Å². The Balaban J connectivity index is 1.95. The molecule has 1 aromatic carbocycles. The molecule has 2 rings (SSSR count). The van der Waals surface area contributed by atoms with Gasteiger partial charge >= 0.3 is 0 Å². The molecule has 0 radical (unpaired) electrons. The molecule has 0 saturated carbocycles. The number of benzene rings is 1. The predicted octanol–water partition coefficient (Wildman–Crippen LogP) is 1.72. The van der Waals surface area contributed by atoms with E-state index in [0.717, 1.165) is 42.1 Å². The van der Waals surface area contributed by atoms with E-state index in [0.29, 0.717) is 0 Å². The van der Waals surface area contributed by atoms with Crippen molar-refractivity contribution in [2.24, 2.45) is 0 Å². The minimum atomic E-state index is -0.243. The lowest BCUT2D eigenvalue weighted by Crippen LogP contribution is -2.07. The summed E-state index contributed by atoms with van der Waals surface area (Å²) in [7, 11) is 0. The molecule has 0 fully saturated rings. The number of aliphatic hydroxyl groups is 1. The Morgan fingerprint density at radius 2 is 2.35 bits per heavy atom. The molecule has 1 atom stereocenters. The van der Waals surface area contributed by atoms with Crippen LogP contribution in [0.5, 0.6) is 0 Å². The average molecular weight is 234 g/mol. The normalized spacial score (nSPS) is 12.8. The van der Waals surface area contributed by atoms with Crippen molar-refractivity contribution in [3.05, 3.63) is 18.2 Å². The van der Waals surface area contributed by atoms with E-state index in [1.54, 1.807) is 6.92 Å². The van der Waals surface area contributed by atoms with Gasteiger partial charge in [0.2, 0.25) is 5.95 Å². The minimum absolute atomic E-state index is 0.243. The molecule has 0 aliphatic rings. The van der Waals surface area contributed by atoms with Gasteiger partial charge in [-0.2, -0.15) is 0 Å². The SMILES string of the molecule is CC(O)CCCNc1nc2ccc(N)cc2[nH]1. The first-order chi connectivity index (χ1) is 8.15. The molecule has 1 heterocycles. The van der Waals surface area contributed by atoms with Crippen molar-refractivity contribution in [2.45, 2.75) is 25.9 Å². The Kier molecular flexibility index (Phi) is 3.49. The molecular weight excluding hydrogens is 216 g/mol. The van der Waals surface area contributed by atoms with Gasteiger partial charge in [0.15, 0.2) is 0 Å². The zero-order valence-electron chi connectivity index (χ0n) is 9.90. The van der Waals surface area contributed by atoms with E-state index in [4.69, 9.17) is 10.8 Å². The minimum Gasteiger partial charge on any atom is -0.399 e. The topological polar surface area (TPSA) is 87.0 Å². The maximum absolute atomic E-state index is 9.13. The number of aromatic nitrogens is 2. The number of nitrogens with two attached hydrogens (primary N) is 1. The molecule has 5 nitrogen and oxygen atoms in total. The number of nitrogen functional groups attached to an aromatic ring is 1. The Morgan fingerprint density at radius 1 is 1.53 bits per heavy atom. The van der Waals surface area contributed by atoms with Crippen molar-refractivity contribution in [2.75, 3.05) is 17.6 Å². The summed E-state index contributed by atoms with van der Waals surface area (Å²) in [6, 6.07) is 5.59. The number of imidazole rings is 1. The summed E-state index contributed by atoms with van der Waals surface area (Å²) in [5.74, 6) is 0.746. The Hall–Kier alpha value is -1.75. The largest absolute Gasteiger partial charge is 0.399 e. The van der Waals surface area contributed by atoms with Gasteiger partial charge < -0.3 is 21.1 Å². The lowest BCUT2D eigenvalue weighted by Gasteiger charge is -2.04. The van der Waals surface area contributed by atoms with Crippen LogP contribution in [0.3, 0.4) is 0 Å². The quantitative estimate of drug-likeness (QED) is 0.468. The predicted molar refractivity (Wildman–Crippen MR) is 69.9 cm³/mol. The molecule has 5 heteroatoms. The van der Waals surface area contributed by atoms with Gasteiger partial charge in [0, 0.05) is 12.2 Å². The number of aliphatic hydroxyl groups excluding tert-OH is 1. The van der Waals surface area contributed by atoms with Crippen LogP contribution in [0.1, 0.15) is 19.8 Å². The van der Waals surface area contributed by atoms with Gasteiger partial charge in [-0.25, -0.2) is 4.98 Å². The zero-order chi connectivity index (χ0) is 12.3. The number of rotatable bonds is 5. The maximum atomic E-state index is 9.13. The summed E-state index contributed by atoms with van der Waals surface area (Å²) in [6.45, 7) is 2.59. The number of nitrogens with zero attached hydrogens (tertiary/aromatic N) is 1. The van der Waals surface area contributed by atoms with Crippen LogP contribution in [0.15, 0.2) is 18.2 Å². The highest BCUT2D eigenvalue weighted by Gasteiger charge is 2.02. The highest BCUT2D eigenvalue weighted by atomic mass is 16.3. The molecule has 0 aliphatic carbocycles.